The Labute approximate surface area is 102 Å². The maximum absolute atomic E-state index is 9.10. The molecule has 0 fully saturated rings. The van der Waals surface area contributed by atoms with Gasteiger partial charge in [-0.1, -0.05) is 0 Å². The molecule has 1 aromatic heterocycles. The number of hydrogen-bond donors (Lipinski definition) is 4. The Kier molecular flexibility index (Phi) is 5.30. The fraction of sp³-hybridized carbons (Fsp3) is 0.500. The molecule has 0 spiro atoms. The van der Waals surface area contributed by atoms with Crippen LogP contribution in [0.3, 0.4) is 0 Å². The normalized spacial score (nSPS) is 11.8. The average Bonchev–Trinajstić information content (AvgIpc) is 2.32. The second-order valence-corrected chi connectivity index (χ2v) is 4.54. The van der Waals surface area contributed by atoms with Crippen LogP contribution < -0.4 is 5.32 Å². The number of halogens is 1. The largest absolute Gasteiger partial charge is 0.394 e. The van der Waals surface area contributed by atoms with E-state index in [1.165, 1.54) is 0 Å². The fourth-order valence-corrected chi connectivity index (χ4v) is 1.57. The zero-order valence-electron chi connectivity index (χ0n) is 8.73. The maximum Gasteiger partial charge on any atom is 0.0884 e. The van der Waals surface area contributed by atoms with Crippen molar-refractivity contribution in [3.8, 4) is 0 Å². The van der Waals surface area contributed by atoms with Gasteiger partial charge in [-0.05, 0) is 27.6 Å². The Morgan fingerprint density at radius 3 is 2.31 bits per heavy atom. The van der Waals surface area contributed by atoms with Crippen LogP contribution in [0, 0.1) is 0 Å². The van der Waals surface area contributed by atoms with Crippen LogP contribution in [0.5, 0.6) is 0 Å². The van der Waals surface area contributed by atoms with Crippen LogP contribution in [0.2, 0.25) is 0 Å². The van der Waals surface area contributed by atoms with E-state index >= 15 is 0 Å². The van der Waals surface area contributed by atoms with Crippen LogP contribution in [-0.2, 0) is 6.54 Å². The van der Waals surface area contributed by atoms with Crippen molar-refractivity contribution in [1.29, 1.82) is 0 Å². The molecule has 0 aromatic carbocycles. The average molecular weight is 291 g/mol. The van der Waals surface area contributed by atoms with Crippen molar-refractivity contribution in [2.45, 2.75) is 12.1 Å². The second kappa shape index (κ2) is 6.27. The van der Waals surface area contributed by atoms with Gasteiger partial charge in [0.05, 0.1) is 25.4 Å². The highest BCUT2D eigenvalue weighted by molar-refractivity contribution is 9.10. The first-order valence-corrected chi connectivity index (χ1v) is 5.62. The first-order chi connectivity index (χ1) is 7.65. The van der Waals surface area contributed by atoms with Crippen molar-refractivity contribution in [1.82, 2.24) is 10.3 Å². The number of aliphatic hydroxyl groups excluding tert-OH is 3. The molecule has 4 N–H and O–H groups in total. The molecule has 0 amide bonds. The number of aromatic nitrogens is 1. The smallest absolute Gasteiger partial charge is 0.0884 e. The Morgan fingerprint density at radius 1 is 1.19 bits per heavy atom. The van der Waals surface area contributed by atoms with E-state index in [9.17, 15) is 0 Å². The van der Waals surface area contributed by atoms with Gasteiger partial charge < -0.3 is 20.6 Å². The number of nitrogens with zero attached hydrogens (tertiary/aromatic N) is 1. The van der Waals surface area contributed by atoms with Crippen molar-refractivity contribution in [2.75, 3.05) is 19.8 Å². The minimum atomic E-state index is -1.05. The predicted octanol–water partition coefficient (Wildman–Crippen LogP) is -0.351. The second-order valence-electron chi connectivity index (χ2n) is 3.62. The van der Waals surface area contributed by atoms with Crippen LogP contribution in [0.4, 0.5) is 0 Å². The topological polar surface area (TPSA) is 85.6 Å². The molecular formula is C10H15BrN2O3. The summed E-state index contributed by atoms with van der Waals surface area (Å²) in [6.45, 7) is -0.585. The van der Waals surface area contributed by atoms with Crippen molar-refractivity contribution >= 4 is 15.9 Å². The number of rotatable bonds is 6. The molecule has 0 aliphatic carbocycles. The van der Waals surface area contributed by atoms with Crippen LogP contribution in [0.15, 0.2) is 22.9 Å². The van der Waals surface area contributed by atoms with Crippen LogP contribution in [0.25, 0.3) is 0 Å². The minimum absolute atomic E-state index is 0.332. The molecule has 0 unspecified atom stereocenters. The molecule has 0 atom stereocenters. The molecule has 1 heterocycles. The molecule has 90 valence electrons. The molecule has 0 aliphatic heterocycles. The third-order valence-corrected chi connectivity index (χ3v) is 2.77. The molecule has 0 aliphatic rings. The molecule has 5 nitrogen and oxygen atoms in total. The molecule has 1 rings (SSSR count). The van der Waals surface area contributed by atoms with Gasteiger partial charge in [0, 0.05) is 23.4 Å². The number of hydrogen-bond acceptors (Lipinski definition) is 5. The quantitative estimate of drug-likeness (QED) is 0.575. The van der Waals surface area contributed by atoms with Crippen LogP contribution in [-0.4, -0.2) is 45.7 Å². The first-order valence-electron chi connectivity index (χ1n) is 4.83. The Hall–Kier alpha value is -0.530. The summed E-state index contributed by atoms with van der Waals surface area (Å²) in [5.74, 6) is 0. The van der Waals surface area contributed by atoms with Crippen molar-refractivity contribution in [3.05, 3.63) is 28.5 Å². The fourth-order valence-electron chi connectivity index (χ4n) is 1.16. The van der Waals surface area contributed by atoms with E-state index in [2.05, 4.69) is 26.2 Å². The number of nitrogens with one attached hydrogen (secondary N) is 1. The lowest BCUT2D eigenvalue weighted by atomic mass is 10.0. The summed E-state index contributed by atoms with van der Waals surface area (Å²) < 4.78 is 0.856. The summed E-state index contributed by atoms with van der Waals surface area (Å²) in [5, 5.41) is 30.2. The van der Waals surface area contributed by atoms with Crippen molar-refractivity contribution in [3.63, 3.8) is 0 Å². The predicted molar refractivity (Wildman–Crippen MR) is 62.8 cm³/mol. The van der Waals surface area contributed by atoms with Gasteiger partial charge >= 0.3 is 0 Å². The van der Waals surface area contributed by atoms with Gasteiger partial charge in [0.1, 0.15) is 0 Å². The lowest BCUT2D eigenvalue weighted by Crippen LogP contribution is -2.54. The lowest BCUT2D eigenvalue weighted by molar-refractivity contribution is 0.0413. The molecule has 6 heteroatoms. The van der Waals surface area contributed by atoms with E-state index < -0.39 is 5.54 Å². The Bertz CT molecular complexity index is 323. The number of pyridine rings is 1. The minimum Gasteiger partial charge on any atom is -0.394 e. The van der Waals surface area contributed by atoms with Gasteiger partial charge in [-0.3, -0.25) is 4.98 Å². The Balaban J connectivity index is 2.62. The highest BCUT2D eigenvalue weighted by Gasteiger charge is 2.26. The number of aliphatic hydroxyl groups is 3. The third-order valence-electron chi connectivity index (χ3n) is 2.34. The molecule has 0 saturated carbocycles. The van der Waals surface area contributed by atoms with Gasteiger partial charge in [0.15, 0.2) is 0 Å². The third kappa shape index (κ3) is 3.50. The summed E-state index contributed by atoms with van der Waals surface area (Å²) in [4.78, 5) is 3.99. The molecule has 0 saturated heterocycles. The van der Waals surface area contributed by atoms with Gasteiger partial charge in [-0.2, -0.15) is 0 Å². The summed E-state index contributed by atoms with van der Waals surface area (Å²) in [6.07, 6.45) is 3.34. The maximum atomic E-state index is 9.10. The van der Waals surface area contributed by atoms with Crippen LogP contribution in [0.1, 0.15) is 5.56 Å². The highest BCUT2D eigenvalue weighted by Crippen LogP contribution is 2.10. The Morgan fingerprint density at radius 2 is 1.81 bits per heavy atom. The summed E-state index contributed by atoms with van der Waals surface area (Å²) in [7, 11) is 0. The van der Waals surface area contributed by atoms with E-state index in [1.54, 1.807) is 12.4 Å². The molecular weight excluding hydrogens is 276 g/mol. The lowest BCUT2D eigenvalue weighted by Gasteiger charge is -2.28. The zero-order valence-corrected chi connectivity index (χ0v) is 10.3. The summed E-state index contributed by atoms with van der Waals surface area (Å²) >= 11 is 3.30. The molecule has 0 bridgehead atoms. The van der Waals surface area contributed by atoms with Gasteiger partial charge in [-0.25, -0.2) is 0 Å². The van der Waals surface area contributed by atoms with Crippen molar-refractivity contribution in [2.24, 2.45) is 0 Å². The van der Waals surface area contributed by atoms with E-state index in [1.807, 2.05) is 6.07 Å². The SMILES string of the molecule is OCC(CO)(CO)NCc1cncc(Br)c1. The molecule has 0 radical (unpaired) electrons. The van der Waals surface area contributed by atoms with Gasteiger partial charge in [-0.15, -0.1) is 0 Å². The molecule has 16 heavy (non-hydrogen) atoms. The van der Waals surface area contributed by atoms with Gasteiger partial charge in [0.2, 0.25) is 0 Å². The van der Waals surface area contributed by atoms with Crippen molar-refractivity contribution < 1.29 is 15.3 Å². The standard InChI is InChI=1S/C10H15BrN2O3/c11-9-1-8(2-12-4-9)3-13-10(5-14,6-15)7-16/h1-2,4,13-16H,3,5-7H2. The van der Waals surface area contributed by atoms with E-state index in [0.29, 0.717) is 6.54 Å². The van der Waals surface area contributed by atoms with E-state index in [4.69, 9.17) is 15.3 Å². The van der Waals surface area contributed by atoms with E-state index in [-0.39, 0.29) is 19.8 Å². The summed E-state index contributed by atoms with van der Waals surface area (Å²) in [6, 6.07) is 1.87. The zero-order chi connectivity index (χ0) is 12.0. The molecule has 1 aromatic rings. The monoisotopic (exact) mass is 290 g/mol. The first kappa shape index (κ1) is 13.5. The highest BCUT2D eigenvalue weighted by atomic mass is 79.9. The van der Waals surface area contributed by atoms with Crippen LogP contribution >= 0.6 is 15.9 Å². The van der Waals surface area contributed by atoms with Gasteiger partial charge in [0.25, 0.3) is 0 Å². The summed E-state index contributed by atoms with van der Waals surface area (Å²) in [5.41, 5.74) is -0.156. The van der Waals surface area contributed by atoms with E-state index in [0.717, 1.165) is 10.0 Å².